The number of benzene rings is 1. The van der Waals surface area contributed by atoms with Gasteiger partial charge in [-0.3, -0.25) is 4.79 Å². The Balaban J connectivity index is 1.49. The quantitative estimate of drug-likeness (QED) is 0.728. The van der Waals surface area contributed by atoms with Crippen molar-refractivity contribution in [1.29, 1.82) is 0 Å². The summed E-state index contributed by atoms with van der Waals surface area (Å²) < 4.78 is 11.4. The van der Waals surface area contributed by atoms with E-state index < -0.39 is 5.41 Å². The van der Waals surface area contributed by atoms with Crippen molar-refractivity contribution in [2.24, 2.45) is 0 Å². The Hall–Kier alpha value is -2.37. The van der Waals surface area contributed by atoms with E-state index in [1.807, 2.05) is 60.0 Å². The number of furan rings is 1. The van der Waals surface area contributed by atoms with Crippen molar-refractivity contribution in [2.75, 3.05) is 13.2 Å². The van der Waals surface area contributed by atoms with Crippen molar-refractivity contribution in [3.63, 3.8) is 0 Å². The van der Waals surface area contributed by atoms with Gasteiger partial charge in [0.05, 0.1) is 16.8 Å². The zero-order valence-electron chi connectivity index (χ0n) is 14.4. The number of carbonyl (C=O) groups excluding carboxylic acids is 1. The Bertz CT molecular complexity index is 849. The summed E-state index contributed by atoms with van der Waals surface area (Å²) in [7, 11) is 0. The molecule has 1 fully saturated rings. The second kappa shape index (κ2) is 7.48. The van der Waals surface area contributed by atoms with Crippen LogP contribution in [0, 0.1) is 0 Å². The van der Waals surface area contributed by atoms with Gasteiger partial charge in [0.15, 0.2) is 0 Å². The van der Waals surface area contributed by atoms with E-state index in [0.717, 1.165) is 22.0 Å². The molecule has 0 spiro atoms. The van der Waals surface area contributed by atoms with E-state index in [0.29, 0.717) is 32.6 Å². The van der Waals surface area contributed by atoms with Crippen molar-refractivity contribution in [3.05, 3.63) is 71.3 Å². The van der Waals surface area contributed by atoms with Crippen LogP contribution >= 0.6 is 11.3 Å². The molecule has 0 atom stereocenters. The maximum Gasteiger partial charge on any atom is 0.231 e. The lowest BCUT2D eigenvalue weighted by Gasteiger charge is -2.36. The maximum atomic E-state index is 13.1. The third-order valence-corrected chi connectivity index (χ3v) is 5.84. The van der Waals surface area contributed by atoms with Crippen LogP contribution in [0.2, 0.25) is 0 Å². The van der Waals surface area contributed by atoms with Gasteiger partial charge in [0, 0.05) is 13.2 Å². The van der Waals surface area contributed by atoms with Gasteiger partial charge in [0.25, 0.3) is 0 Å². The first-order chi connectivity index (χ1) is 12.8. The van der Waals surface area contributed by atoms with Crippen LogP contribution in [0.25, 0.3) is 10.6 Å². The van der Waals surface area contributed by atoms with Crippen molar-refractivity contribution < 1.29 is 13.9 Å². The number of thiophene rings is 1. The van der Waals surface area contributed by atoms with Crippen LogP contribution in [0.3, 0.4) is 0 Å². The molecule has 0 radical (unpaired) electrons. The van der Waals surface area contributed by atoms with Gasteiger partial charge in [-0.25, -0.2) is 0 Å². The lowest BCUT2D eigenvalue weighted by Crippen LogP contribution is -2.47. The Morgan fingerprint density at radius 3 is 2.58 bits per heavy atom. The fourth-order valence-electron chi connectivity index (χ4n) is 3.48. The number of rotatable bonds is 5. The summed E-state index contributed by atoms with van der Waals surface area (Å²) in [5.41, 5.74) is 0.530. The molecule has 5 heteroatoms. The number of ether oxygens (including phenoxy) is 1. The van der Waals surface area contributed by atoms with Crippen molar-refractivity contribution >= 4 is 17.2 Å². The Kier molecular flexibility index (Phi) is 4.91. The molecule has 0 bridgehead atoms. The van der Waals surface area contributed by atoms with Crippen LogP contribution in [0.5, 0.6) is 0 Å². The Morgan fingerprint density at radius 1 is 1.04 bits per heavy atom. The second-order valence-corrected chi connectivity index (χ2v) is 7.43. The summed E-state index contributed by atoms with van der Waals surface area (Å²) >= 11 is 1.64. The fourth-order valence-corrected chi connectivity index (χ4v) is 4.17. The lowest BCUT2D eigenvalue weighted by molar-refractivity contribution is -0.130. The van der Waals surface area contributed by atoms with Gasteiger partial charge in [-0.15, -0.1) is 11.3 Å². The molecule has 0 unspecified atom stereocenters. The van der Waals surface area contributed by atoms with Gasteiger partial charge < -0.3 is 14.5 Å². The van der Waals surface area contributed by atoms with Gasteiger partial charge >= 0.3 is 0 Å². The minimum Gasteiger partial charge on any atom is -0.458 e. The minimum absolute atomic E-state index is 0.0427. The zero-order chi connectivity index (χ0) is 17.8. The van der Waals surface area contributed by atoms with Gasteiger partial charge in [0.2, 0.25) is 5.91 Å². The zero-order valence-corrected chi connectivity index (χ0v) is 15.3. The van der Waals surface area contributed by atoms with Crippen LogP contribution in [-0.4, -0.2) is 19.1 Å². The average molecular weight is 367 g/mol. The Morgan fingerprint density at radius 2 is 1.85 bits per heavy atom. The molecule has 1 saturated heterocycles. The van der Waals surface area contributed by atoms with E-state index in [1.165, 1.54) is 0 Å². The first-order valence-electron chi connectivity index (χ1n) is 8.82. The van der Waals surface area contributed by atoms with E-state index in [-0.39, 0.29) is 5.91 Å². The number of nitrogens with one attached hydrogen (secondary N) is 1. The fraction of sp³-hybridized carbons (Fsp3) is 0.286. The second-order valence-electron chi connectivity index (χ2n) is 6.49. The van der Waals surface area contributed by atoms with Crippen LogP contribution in [-0.2, 0) is 21.5 Å². The molecule has 134 valence electrons. The highest BCUT2D eigenvalue weighted by atomic mass is 32.1. The number of carbonyl (C=O) groups is 1. The summed E-state index contributed by atoms with van der Waals surface area (Å²) in [5.74, 6) is 1.64. The highest BCUT2D eigenvalue weighted by molar-refractivity contribution is 7.13. The largest absolute Gasteiger partial charge is 0.458 e. The molecule has 3 heterocycles. The molecule has 1 aromatic carbocycles. The Labute approximate surface area is 156 Å². The normalized spacial score (nSPS) is 16.3. The smallest absolute Gasteiger partial charge is 0.231 e. The first kappa shape index (κ1) is 17.1. The number of amides is 1. The minimum atomic E-state index is -0.525. The maximum absolute atomic E-state index is 13.1. The molecular weight excluding hydrogens is 346 g/mol. The van der Waals surface area contributed by atoms with Crippen LogP contribution in [0.1, 0.15) is 24.2 Å². The monoisotopic (exact) mass is 367 g/mol. The third-order valence-electron chi connectivity index (χ3n) is 4.96. The lowest BCUT2D eigenvalue weighted by atomic mass is 9.73. The van der Waals surface area contributed by atoms with E-state index in [4.69, 9.17) is 9.15 Å². The molecule has 3 aromatic rings. The van der Waals surface area contributed by atoms with Crippen molar-refractivity contribution in [3.8, 4) is 10.6 Å². The summed E-state index contributed by atoms with van der Waals surface area (Å²) in [4.78, 5) is 14.2. The molecule has 4 rings (SSSR count). The molecule has 1 aliphatic rings. The number of hydrogen-bond acceptors (Lipinski definition) is 4. The van der Waals surface area contributed by atoms with E-state index >= 15 is 0 Å². The van der Waals surface area contributed by atoms with Gasteiger partial charge in [-0.2, -0.15) is 0 Å². The first-order valence-corrected chi connectivity index (χ1v) is 9.70. The van der Waals surface area contributed by atoms with E-state index in [2.05, 4.69) is 5.32 Å². The highest BCUT2D eigenvalue weighted by Gasteiger charge is 2.41. The van der Waals surface area contributed by atoms with Crippen molar-refractivity contribution in [1.82, 2.24) is 5.32 Å². The summed E-state index contributed by atoms with van der Waals surface area (Å²) in [6.45, 7) is 1.59. The summed E-state index contributed by atoms with van der Waals surface area (Å²) in [6.07, 6.45) is 1.39. The highest BCUT2D eigenvalue weighted by Crippen LogP contribution is 2.35. The molecular formula is C21H21NO3S. The topological polar surface area (TPSA) is 51.5 Å². The predicted octanol–water partition coefficient (Wildman–Crippen LogP) is 4.37. The van der Waals surface area contributed by atoms with Crippen LogP contribution in [0.4, 0.5) is 0 Å². The standard InChI is InChI=1S/C21H21NO3S/c23-20(21(10-12-24-13-11-21)16-5-2-1-3-6-16)22-15-17-8-9-18(25-17)19-7-4-14-26-19/h1-9,14H,10-13,15H2,(H,22,23). The molecule has 0 saturated carbocycles. The SMILES string of the molecule is O=C(NCc1ccc(-c2cccs2)o1)C1(c2ccccc2)CCOCC1. The molecule has 1 N–H and O–H groups in total. The van der Waals surface area contributed by atoms with Crippen LogP contribution in [0.15, 0.2) is 64.4 Å². The molecule has 2 aromatic heterocycles. The van der Waals surface area contributed by atoms with Crippen molar-refractivity contribution in [2.45, 2.75) is 24.8 Å². The molecule has 1 amide bonds. The van der Waals surface area contributed by atoms with Crippen LogP contribution < -0.4 is 5.32 Å². The molecule has 4 nitrogen and oxygen atoms in total. The average Bonchev–Trinajstić information content (AvgIpc) is 3.39. The van der Waals surface area contributed by atoms with Gasteiger partial charge in [-0.1, -0.05) is 36.4 Å². The predicted molar refractivity (Wildman–Crippen MR) is 102 cm³/mol. The third kappa shape index (κ3) is 3.32. The molecule has 0 aliphatic carbocycles. The molecule has 26 heavy (non-hydrogen) atoms. The van der Waals surface area contributed by atoms with E-state index in [1.54, 1.807) is 11.3 Å². The molecule has 1 aliphatic heterocycles. The number of hydrogen-bond donors (Lipinski definition) is 1. The summed E-state index contributed by atoms with van der Waals surface area (Å²) in [6, 6.07) is 17.9. The summed E-state index contributed by atoms with van der Waals surface area (Å²) in [5, 5.41) is 5.10. The van der Waals surface area contributed by atoms with Gasteiger partial charge in [-0.05, 0) is 42.0 Å². The van der Waals surface area contributed by atoms with Gasteiger partial charge in [0.1, 0.15) is 11.5 Å². The van der Waals surface area contributed by atoms with E-state index in [9.17, 15) is 4.79 Å².